The third kappa shape index (κ3) is 2.96. The number of aliphatic hydroxyl groups excluding tert-OH is 1. The number of carbonyl (C=O) groups is 1. The second-order valence-electron chi connectivity index (χ2n) is 4.38. The molecule has 102 valence electrons. The molecule has 0 aliphatic carbocycles. The van der Waals surface area contributed by atoms with Crippen molar-refractivity contribution in [2.75, 3.05) is 5.01 Å². The molecule has 1 aliphatic rings. The summed E-state index contributed by atoms with van der Waals surface area (Å²) in [7, 11) is 0. The van der Waals surface area contributed by atoms with Crippen LogP contribution in [-0.2, 0) is 9.53 Å². The molecule has 1 atom stereocenters. The Hall–Kier alpha value is -1.82. The Morgan fingerprint density at radius 3 is 3.00 bits per heavy atom. The van der Waals surface area contributed by atoms with Crippen LogP contribution in [0.15, 0.2) is 23.4 Å². The summed E-state index contributed by atoms with van der Waals surface area (Å²) >= 11 is 6.02. The summed E-state index contributed by atoms with van der Waals surface area (Å²) in [6.07, 6.45) is 1.38. The summed E-state index contributed by atoms with van der Waals surface area (Å²) in [4.78, 5) is 16.1. The smallest absolute Gasteiger partial charge is 0.331 e. The molecule has 0 bridgehead atoms. The van der Waals surface area contributed by atoms with Gasteiger partial charge in [0.15, 0.2) is 11.9 Å². The van der Waals surface area contributed by atoms with Crippen LogP contribution in [0.5, 0.6) is 0 Å². The van der Waals surface area contributed by atoms with E-state index in [2.05, 4.69) is 10.1 Å². The number of hydrogen-bond donors (Lipinski definition) is 1. The van der Waals surface area contributed by atoms with Crippen LogP contribution in [0.1, 0.15) is 20.3 Å². The molecule has 0 aromatic carbocycles. The fourth-order valence-corrected chi connectivity index (χ4v) is 1.94. The van der Waals surface area contributed by atoms with Crippen LogP contribution in [0, 0.1) is 0 Å². The number of anilines is 1. The lowest BCUT2D eigenvalue weighted by molar-refractivity contribution is -0.148. The van der Waals surface area contributed by atoms with Crippen LogP contribution in [0.25, 0.3) is 0 Å². The van der Waals surface area contributed by atoms with Crippen LogP contribution in [-0.4, -0.2) is 34.1 Å². The predicted octanol–water partition coefficient (Wildman–Crippen LogP) is 2.14. The first-order chi connectivity index (χ1) is 8.99. The lowest BCUT2D eigenvalue weighted by atomic mass is 10.2. The number of aromatic nitrogens is 1. The van der Waals surface area contributed by atoms with E-state index in [0.29, 0.717) is 10.8 Å². The highest BCUT2D eigenvalue weighted by atomic mass is 35.5. The fourth-order valence-electron chi connectivity index (χ4n) is 1.73. The Bertz CT molecular complexity index is 519. The van der Waals surface area contributed by atoms with E-state index >= 15 is 0 Å². The van der Waals surface area contributed by atoms with Crippen LogP contribution in [0.4, 0.5) is 5.82 Å². The standard InChI is InChI=1S/C12H14ClN3O3/c1-7(2)19-12(18)9-6-10(17)15-16(9)11-8(13)4-3-5-14-11/h3-5,7,9H,6H2,1-2H3,(H,15,17). The SMILES string of the molecule is CC(C)OC(=O)C1CC(O)=NN1c1ncccc1Cl. The molecule has 0 saturated heterocycles. The number of nitrogens with zero attached hydrogens (tertiary/aromatic N) is 3. The van der Waals surface area contributed by atoms with Crippen molar-refractivity contribution in [3.8, 4) is 0 Å². The first-order valence-corrected chi connectivity index (χ1v) is 6.23. The van der Waals surface area contributed by atoms with Gasteiger partial charge in [-0.15, -0.1) is 5.10 Å². The Kier molecular flexibility index (Phi) is 3.90. The molecule has 0 saturated carbocycles. The second-order valence-corrected chi connectivity index (χ2v) is 4.78. The Morgan fingerprint density at radius 1 is 1.63 bits per heavy atom. The number of carbonyl (C=O) groups excluding carboxylic acids is 1. The number of pyridine rings is 1. The number of rotatable bonds is 3. The van der Waals surface area contributed by atoms with Crippen molar-refractivity contribution in [1.82, 2.24) is 4.98 Å². The third-order valence-corrected chi connectivity index (χ3v) is 2.77. The first-order valence-electron chi connectivity index (χ1n) is 5.85. The zero-order chi connectivity index (χ0) is 14.0. The van der Waals surface area contributed by atoms with Crippen molar-refractivity contribution in [2.45, 2.75) is 32.4 Å². The van der Waals surface area contributed by atoms with Gasteiger partial charge in [-0.1, -0.05) is 11.6 Å². The van der Waals surface area contributed by atoms with Gasteiger partial charge in [0.1, 0.15) is 0 Å². The van der Waals surface area contributed by atoms with Crippen LogP contribution in [0.3, 0.4) is 0 Å². The van der Waals surface area contributed by atoms with Crippen LogP contribution < -0.4 is 5.01 Å². The quantitative estimate of drug-likeness (QED) is 0.860. The number of ether oxygens (including phenoxy) is 1. The largest absolute Gasteiger partial charge is 0.495 e. The topological polar surface area (TPSA) is 75.0 Å². The highest BCUT2D eigenvalue weighted by Gasteiger charge is 2.36. The Balaban J connectivity index is 2.27. The first kappa shape index (κ1) is 13.6. The normalized spacial score (nSPS) is 18.6. The predicted molar refractivity (Wildman–Crippen MR) is 71.4 cm³/mol. The molecule has 1 N–H and O–H groups in total. The molecule has 6 nitrogen and oxygen atoms in total. The highest BCUT2D eigenvalue weighted by Crippen LogP contribution is 2.29. The summed E-state index contributed by atoms with van der Waals surface area (Å²) in [6.45, 7) is 3.51. The van der Waals surface area contributed by atoms with Gasteiger partial charge in [0, 0.05) is 6.20 Å². The average Bonchev–Trinajstić information content (AvgIpc) is 2.71. The van der Waals surface area contributed by atoms with Gasteiger partial charge in [0.2, 0.25) is 5.90 Å². The molecule has 0 amide bonds. The molecule has 2 heterocycles. The van der Waals surface area contributed by atoms with E-state index in [9.17, 15) is 9.90 Å². The van der Waals surface area contributed by atoms with Gasteiger partial charge in [0.05, 0.1) is 17.5 Å². The summed E-state index contributed by atoms with van der Waals surface area (Å²) in [5.41, 5.74) is 0. The summed E-state index contributed by atoms with van der Waals surface area (Å²) < 4.78 is 5.14. The molecule has 0 fully saturated rings. The Labute approximate surface area is 115 Å². The van der Waals surface area contributed by atoms with E-state index in [1.165, 1.54) is 11.2 Å². The maximum absolute atomic E-state index is 12.0. The molecular weight excluding hydrogens is 270 g/mol. The van der Waals surface area contributed by atoms with Gasteiger partial charge in [0.25, 0.3) is 0 Å². The molecule has 7 heteroatoms. The minimum Gasteiger partial charge on any atom is -0.495 e. The molecule has 0 radical (unpaired) electrons. The highest BCUT2D eigenvalue weighted by molar-refractivity contribution is 6.33. The summed E-state index contributed by atoms with van der Waals surface area (Å²) in [5.74, 6) is -0.295. The molecule has 2 rings (SSSR count). The zero-order valence-corrected chi connectivity index (χ0v) is 11.3. The number of hydrazone groups is 1. The molecule has 19 heavy (non-hydrogen) atoms. The molecule has 0 spiro atoms. The number of esters is 1. The van der Waals surface area contributed by atoms with Gasteiger partial charge in [-0.3, -0.25) is 0 Å². The fraction of sp³-hybridized carbons (Fsp3) is 0.417. The minimum absolute atomic E-state index is 0.0818. The van der Waals surface area contributed by atoms with Crippen molar-refractivity contribution in [2.24, 2.45) is 5.10 Å². The zero-order valence-electron chi connectivity index (χ0n) is 10.6. The van der Waals surface area contributed by atoms with Crippen molar-refractivity contribution in [3.05, 3.63) is 23.4 Å². The third-order valence-electron chi connectivity index (χ3n) is 2.47. The second kappa shape index (κ2) is 5.44. The van der Waals surface area contributed by atoms with Crippen molar-refractivity contribution >= 4 is 29.3 Å². The van der Waals surface area contributed by atoms with Gasteiger partial charge in [-0.2, -0.15) is 0 Å². The number of hydrogen-bond acceptors (Lipinski definition) is 5. The van der Waals surface area contributed by atoms with Gasteiger partial charge in [-0.25, -0.2) is 14.8 Å². The van der Waals surface area contributed by atoms with E-state index in [0.717, 1.165) is 0 Å². The van der Waals surface area contributed by atoms with Crippen molar-refractivity contribution in [3.63, 3.8) is 0 Å². The maximum Gasteiger partial charge on any atom is 0.331 e. The average molecular weight is 284 g/mol. The van der Waals surface area contributed by atoms with Gasteiger partial charge in [-0.05, 0) is 26.0 Å². The molecule has 1 aromatic rings. The van der Waals surface area contributed by atoms with E-state index < -0.39 is 12.0 Å². The van der Waals surface area contributed by atoms with E-state index in [4.69, 9.17) is 16.3 Å². The molecular formula is C12H14ClN3O3. The van der Waals surface area contributed by atoms with Crippen LogP contribution in [0.2, 0.25) is 5.02 Å². The minimum atomic E-state index is -0.741. The molecule has 1 aromatic heterocycles. The summed E-state index contributed by atoms with van der Waals surface area (Å²) in [6, 6.07) is 2.57. The Morgan fingerprint density at radius 2 is 2.37 bits per heavy atom. The number of aliphatic hydroxyl groups is 1. The maximum atomic E-state index is 12.0. The van der Waals surface area contributed by atoms with Crippen LogP contribution >= 0.6 is 11.6 Å². The van der Waals surface area contributed by atoms with E-state index in [1.54, 1.807) is 26.0 Å². The molecule has 1 unspecified atom stereocenters. The monoisotopic (exact) mass is 283 g/mol. The number of halogens is 1. The lowest BCUT2D eigenvalue weighted by Crippen LogP contribution is -2.37. The molecule has 1 aliphatic heterocycles. The van der Waals surface area contributed by atoms with E-state index in [-0.39, 0.29) is 18.4 Å². The van der Waals surface area contributed by atoms with Crippen molar-refractivity contribution in [1.29, 1.82) is 0 Å². The van der Waals surface area contributed by atoms with Gasteiger partial charge >= 0.3 is 5.97 Å². The summed E-state index contributed by atoms with van der Waals surface area (Å²) in [5, 5.41) is 15.1. The van der Waals surface area contributed by atoms with Crippen molar-refractivity contribution < 1.29 is 14.6 Å². The van der Waals surface area contributed by atoms with E-state index in [1.807, 2.05) is 0 Å². The van der Waals surface area contributed by atoms with Gasteiger partial charge < -0.3 is 9.84 Å². The lowest BCUT2D eigenvalue weighted by Gasteiger charge is -2.22.